The largest absolute Gasteiger partial charge is 0.390 e. The van der Waals surface area contributed by atoms with Crippen molar-refractivity contribution in [2.45, 2.75) is 19.1 Å². The van der Waals surface area contributed by atoms with Gasteiger partial charge in [-0.2, -0.15) is 0 Å². The Morgan fingerprint density at radius 2 is 2.21 bits per heavy atom. The molecule has 0 amide bonds. The van der Waals surface area contributed by atoms with Crippen LogP contribution in [0.25, 0.3) is 0 Å². The maximum atomic E-state index is 9.22. The van der Waals surface area contributed by atoms with Crippen molar-refractivity contribution in [1.29, 1.82) is 0 Å². The number of aliphatic hydroxyl groups is 1. The second-order valence-electron chi connectivity index (χ2n) is 3.84. The van der Waals surface area contributed by atoms with Crippen LogP contribution in [0.3, 0.4) is 0 Å². The predicted molar refractivity (Wildman–Crippen MR) is 60.1 cm³/mol. The highest BCUT2D eigenvalue weighted by molar-refractivity contribution is 9.10. The van der Waals surface area contributed by atoms with Crippen LogP contribution in [-0.4, -0.2) is 29.2 Å². The zero-order valence-electron chi connectivity index (χ0n) is 8.15. The van der Waals surface area contributed by atoms with Gasteiger partial charge in [0.05, 0.1) is 6.10 Å². The summed E-state index contributed by atoms with van der Waals surface area (Å²) in [6, 6.07) is 8.74. The summed E-state index contributed by atoms with van der Waals surface area (Å²) in [5.41, 5.74) is 1.30. The van der Waals surface area contributed by atoms with Gasteiger partial charge in [0.1, 0.15) is 0 Å². The Balaban J connectivity index is 2.07. The van der Waals surface area contributed by atoms with Gasteiger partial charge in [0.15, 0.2) is 0 Å². The lowest BCUT2D eigenvalue weighted by molar-refractivity contribution is -0.0211. The summed E-state index contributed by atoms with van der Waals surface area (Å²) in [6.45, 7) is 3.77. The number of rotatable bonds is 2. The average molecular weight is 256 g/mol. The van der Waals surface area contributed by atoms with Crippen LogP contribution in [-0.2, 0) is 0 Å². The number of halogens is 1. The number of hydrogen-bond acceptors (Lipinski definition) is 2. The maximum absolute atomic E-state index is 9.22. The van der Waals surface area contributed by atoms with Gasteiger partial charge in [0, 0.05) is 23.6 Å². The number of aliphatic hydroxyl groups excluding tert-OH is 1. The van der Waals surface area contributed by atoms with E-state index < -0.39 is 0 Å². The summed E-state index contributed by atoms with van der Waals surface area (Å²) in [5, 5.41) is 9.22. The van der Waals surface area contributed by atoms with Crippen molar-refractivity contribution in [1.82, 2.24) is 4.90 Å². The molecule has 14 heavy (non-hydrogen) atoms. The van der Waals surface area contributed by atoms with Crippen molar-refractivity contribution in [3.63, 3.8) is 0 Å². The second kappa shape index (κ2) is 4.01. The molecule has 1 aromatic rings. The van der Waals surface area contributed by atoms with E-state index in [0.29, 0.717) is 6.04 Å². The molecule has 1 heterocycles. The molecule has 0 spiro atoms. The molecule has 0 aromatic heterocycles. The Kier molecular flexibility index (Phi) is 2.91. The molecule has 3 heteroatoms. The molecule has 0 saturated carbocycles. The third-order valence-corrected chi connectivity index (χ3v) is 3.26. The van der Waals surface area contributed by atoms with Crippen LogP contribution in [0.2, 0.25) is 0 Å². The van der Waals surface area contributed by atoms with E-state index in [1.54, 1.807) is 0 Å². The van der Waals surface area contributed by atoms with E-state index in [1.165, 1.54) is 5.56 Å². The Hall–Kier alpha value is -0.380. The molecule has 2 rings (SSSR count). The molecule has 1 aliphatic rings. The molecule has 0 aliphatic carbocycles. The van der Waals surface area contributed by atoms with Crippen LogP contribution < -0.4 is 0 Å². The van der Waals surface area contributed by atoms with Gasteiger partial charge in [-0.25, -0.2) is 0 Å². The van der Waals surface area contributed by atoms with Gasteiger partial charge in [-0.15, -0.1) is 0 Å². The summed E-state index contributed by atoms with van der Waals surface area (Å²) in [6.07, 6.45) is -0.121. The second-order valence-corrected chi connectivity index (χ2v) is 4.75. The van der Waals surface area contributed by atoms with Crippen molar-refractivity contribution >= 4 is 15.9 Å². The fraction of sp³-hybridized carbons (Fsp3) is 0.455. The maximum Gasteiger partial charge on any atom is 0.0794 e. The molecule has 2 nitrogen and oxygen atoms in total. The third-order valence-electron chi connectivity index (χ3n) is 2.77. The number of benzene rings is 1. The first kappa shape index (κ1) is 10.1. The topological polar surface area (TPSA) is 23.5 Å². The minimum absolute atomic E-state index is 0.121. The Bertz CT molecular complexity index is 323. The Morgan fingerprint density at radius 3 is 2.79 bits per heavy atom. The van der Waals surface area contributed by atoms with E-state index >= 15 is 0 Å². The van der Waals surface area contributed by atoms with E-state index in [0.717, 1.165) is 17.6 Å². The van der Waals surface area contributed by atoms with Crippen LogP contribution in [0.15, 0.2) is 28.7 Å². The third kappa shape index (κ3) is 2.00. The zero-order valence-corrected chi connectivity index (χ0v) is 9.74. The smallest absolute Gasteiger partial charge is 0.0794 e. The van der Waals surface area contributed by atoms with E-state index in [2.05, 4.69) is 39.9 Å². The van der Waals surface area contributed by atoms with Crippen molar-refractivity contribution in [3.8, 4) is 0 Å². The van der Waals surface area contributed by atoms with Crippen LogP contribution in [0, 0.1) is 0 Å². The molecule has 0 unspecified atom stereocenters. The summed E-state index contributed by atoms with van der Waals surface area (Å²) in [5.74, 6) is 0. The first-order valence-corrected chi connectivity index (χ1v) is 5.63. The first-order valence-electron chi connectivity index (χ1n) is 4.84. The quantitative estimate of drug-likeness (QED) is 0.876. The van der Waals surface area contributed by atoms with E-state index in [4.69, 9.17) is 0 Å². The molecule has 1 atom stereocenters. The van der Waals surface area contributed by atoms with E-state index in [-0.39, 0.29) is 6.10 Å². The van der Waals surface area contributed by atoms with Crippen molar-refractivity contribution < 1.29 is 5.11 Å². The standard InChI is InChI=1S/C11H14BrNO/c1-8(13-6-11(14)7-13)9-3-2-4-10(12)5-9/h2-5,8,11,14H,6-7H2,1H3/t8-/m1/s1. The molecule has 1 aromatic carbocycles. The monoisotopic (exact) mass is 255 g/mol. The van der Waals surface area contributed by atoms with Gasteiger partial charge in [-0.3, -0.25) is 4.90 Å². The molecular weight excluding hydrogens is 242 g/mol. The lowest BCUT2D eigenvalue weighted by Gasteiger charge is -2.40. The molecule has 1 saturated heterocycles. The molecule has 1 aliphatic heterocycles. The predicted octanol–water partition coefficient (Wildman–Crippen LogP) is 2.19. The van der Waals surface area contributed by atoms with E-state index in [1.807, 2.05) is 12.1 Å². The summed E-state index contributed by atoms with van der Waals surface area (Å²) in [4.78, 5) is 2.27. The average Bonchev–Trinajstić information content (AvgIpc) is 2.12. The molecule has 76 valence electrons. The van der Waals surface area contributed by atoms with Gasteiger partial charge in [0.2, 0.25) is 0 Å². The van der Waals surface area contributed by atoms with Gasteiger partial charge in [-0.1, -0.05) is 28.1 Å². The number of nitrogens with zero attached hydrogens (tertiary/aromatic N) is 1. The highest BCUT2D eigenvalue weighted by Gasteiger charge is 2.28. The normalized spacial score (nSPS) is 20.5. The van der Waals surface area contributed by atoms with Gasteiger partial charge in [-0.05, 0) is 24.6 Å². The fourth-order valence-electron chi connectivity index (χ4n) is 1.78. The minimum Gasteiger partial charge on any atom is -0.390 e. The van der Waals surface area contributed by atoms with Crippen molar-refractivity contribution in [3.05, 3.63) is 34.3 Å². The number of β-amino-alcohol motifs (C(OH)–C–C–N with tert-alkyl or cyclic N) is 1. The lowest BCUT2D eigenvalue weighted by atomic mass is 10.0. The van der Waals surface area contributed by atoms with Gasteiger partial charge >= 0.3 is 0 Å². The SMILES string of the molecule is C[C@H](c1cccc(Br)c1)N1CC(O)C1. The summed E-state index contributed by atoms with van der Waals surface area (Å²) in [7, 11) is 0. The van der Waals surface area contributed by atoms with Crippen molar-refractivity contribution in [2.24, 2.45) is 0 Å². The first-order chi connectivity index (χ1) is 6.66. The van der Waals surface area contributed by atoms with Crippen LogP contribution in [0.4, 0.5) is 0 Å². The summed E-state index contributed by atoms with van der Waals surface area (Å²) >= 11 is 3.46. The fourth-order valence-corrected chi connectivity index (χ4v) is 2.20. The Morgan fingerprint density at radius 1 is 1.50 bits per heavy atom. The molecule has 0 bridgehead atoms. The molecule has 1 N–H and O–H groups in total. The summed E-state index contributed by atoms with van der Waals surface area (Å²) < 4.78 is 1.11. The van der Waals surface area contributed by atoms with Gasteiger partial charge in [0.25, 0.3) is 0 Å². The number of hydrogen-bond donors (Lipinski definition) is 1. The van der Waals surface area contributed by atoms with Crippen LogP contribution in [0.1, 0.15) is 18.5 Å². The minimum atomic E-state index is -0.121. The van der Waals surface area contributed by atoms with Crippen LogP contribution in [0.5, 0.6) is 0 Å². The highest BCUT2D eigenvalue weighted by atomic mass is 79.9. The molecule has 1 fully saturated rings. The van der Waals surface area contributed by atoms with Gasteiger partial charge < -0.3 is 5.11 Å². The molecular formula is C11H14BrNO. The van der Waals surface area contributed by atoms with Crippen LogP contribution >= 0.6 is 15.9 Å². The van der Waals surface area contributed by atoms with E-state index in [9.17, 15) is 5.11 Å². The zero-order chi connectivity index (χ0) is 10.1. The lowest BCUT2D eigenvalue weighted by Crippen LogP contribution is -2.51. The molecule has 0 radical (unpaired) electrons. The Labute approximate surface area is 92.7 Å². The highest BCUT2D eigenvalue weighted by Crippen LogP contribution is 2.26. The number of likely N-dealkylation sites (tertiary alicyclic amines) is 1. The van der Waals surface area contributed by atoms with Crippen molar-refractivity contribution in [2.75, 3.05) is 13.1 Å².